The molecule has 5 atom stereocenters. The summed E-state index contributed by atoms with van der Waals surface area (Å²) in [7, 11) is 0. The number of hydrogen-bond donors (Lipinski definition) is 0. The van der Waals surface area contributed by atoms with E-state index in [9.17, 15) is 14.9 Å². The Morgan fingerprint density at radius 3 is 2.62 bits per heavy atom. The molecule has 0 amide bonds. The zero-order chi connectivity index (χ0) is 19.7. The van der Waals surface area contributed by atoms with Gasteiger partial charge >= 0.3 is 5.97 Å². The van der Waals surface area contributed by atoms with Crippen molar-refractivity contribution in [2.75, 3.05) is 6.61 Å². The summed E-state index contributed by atoms with van der Waals surface area (Å²) in [4.78, 5) is 30.3. The Hall–Kier alpha value is -2.14. The number of hydrogen-bond acceptors (Lipinski definition) is 9. The molecular weight excluding hydrogens is 352 g/mol. The van der Waals surface area contributed by atoms with Crippen molar-refractivity contribution in [3.8, 4) is 0 Å². The molecule has 0 bridgehead atoms. The van der Waals surface area contributed by atoms with Crippen LogP contribution < -0.4 is 0 Å². The second kappa shape index (κ2) is 7.23. The molecule has 12 heteroatoms. The molecule has 0 saturated carbocycles. The molecule has 0 aromatic heterocycles. The van der Waals surface area contributed by atoms with Gasteiger partial charge in [-0.05, 0) is 40.1 Å². The lowest BCUT2D eigenvalue weighted by Gasteiger charge is -2.49. The van der Waals surface area contributed by atoms with Gasteiger partial charge in [0.05, 0.1) is 12.0 Å². The minimum atomic E-state index is -1.56. The fraction of sp³-hybridized carbons (Fsp3) is 0.929. The summed E-state index contributed by atoms with van der Waals surface area (Å²) < 4.78 is 22.3. The first kappa shape index (κ1) is 20.2. The average Bonchev–Trinajstić information content (AvgIpc) is 2.49. The predicted molar refractivity (Wildman–Crippen MR) is 83.9 cm³/mol. The third-order valence-corrected chi connectivity index (χ3v) is 3.86. The van der Waals surface area contributed by atoms with E-state index in [1.54, 1.807) is 34.6 Å². The third kappa shape index (κ3) is 4.52. The lowest BCUT2D eigenvalue weighted by Crippen LogP contribution is -2.65. The van der Waals surface area contributed by atoms with E-state index in [4.69, 9.17) is 24.5 Å². The van der Waals surface area contributed by atoms with E-state index in [2.05, 4.69) is 14.9 Å². The van der Waals surface area contributed by atoms with Crippen LogP contribution in [0.5, 0.6) is 0 Å². The highest BCUT2D eigenvalue weighted by atomic mass is 17.0. The third-order valence-electron chi connectivity index (χ3n) is 3.86. The summed E-state index contributed by atoms with van der Waals surface area (Å²) >= 11 is 0. The molecule has 2 heterocycles. The Bertz CT molecular complexity index is 613. The molecule has 0 spiro atoms. The summed E-state index contributed by atoms with van der Waals surface area (Å²) in [5.74, 6) is -1.59. The standard InChI is InChI=1S/C14H22N4O8/c1-13(2,3)12(19)24-10-8(16-17-15)11(26-18(20)21)23-7-6-22-14(4,5)25-9(7)10/h7-11H,6H2,1-5H3/t7-,8+,9-,10-,11?/m1/s1. The van der Waals surface area contributed by atoms with Crippen LogP contribution >= 0.6 is 0 Å². The van der Waals surface area contributed by atoms with E-state index in [1.165, 1.54) is 0 Å². The zero-order valence-corrected chi connectivity index (χ0v) is 15.1. The summed E-state index contributed by atoms with van der Waals surface area (Å²) in [6, 6.07) is -1.31. The van der Waals surface area contributed by atoms with Gasteiger partial charge in [0.25, 0.3) is 5.09 Å². The number of esters is 1. The quantitative estimate of drug-likeness (QED) is 0.180. The normalized spacial score (nSPS) is 33.3. The molecule has 0 N–H and O–H groups in total. The Labute approximate surface area is 149 Å². The molecule has 2 fully saturated rings. The zero-order valence-electron chi connectivity index (χ0n) is 15.1. The molecular formula is C14H22N4O8. The number of fused-ring (bicyclic) bond motifs is 1. The second-order valence-electron chi connectivity index (χ2n) is 7.48. The van der Waals surface area contributed by atoms with Crippen molar-refractivity contribution in [2.45, 2.75) is 71.0 Å². The molecule has 0 aromatic rings. The van der Waals surface area contributed by atoms with Crippen molar-refractivity contribution < 1.29 is 33.7 Å². The van der Waals surface area contributed by atoms with Gasteiger partial charge in [0.15, 0.2) is 5.79 Å². The van der Waals surface area contributed by atoms with Crippen LogP contribution in [0.25, 0.3) is 10.4 Å². The van der Waals surface area contributed by atoms with Crippen LogP contribution in [0.15, 0.2) is 5.11 Å². The van der Waals surface area contributed by atoms with Crippen molar-refractivity contribution in [1.29, 1.82) is 0 Å². The number of carbonyl (C=O) groups is 1. The number of azide groups is 1. The molecule has 26 heavy (non-hydrogen) atoms. The Morgan fingerprint density at radius 2 is 2.08 bits per heavy atom. The van der Waals surface area contributed by atoms with E-state index < -0.39 is 52.9 Å². The maximum absolute atomic E-state index is 12.4. The number of ether oxygens (including phenoxy) is 4. The van der Waals surface area contributed by atoms with Gasteiger partial charge in [-0.25, -0.2) is 0 Å². The first-order valence-electron chi connectivity index (χ1n) is 7.98. The molecule has 146 valence electrons. The number of carbonyl (C=O) groups excluding carboxylic acids is 1. The van der Waals surface area contributed by atoms with Gasteiger partial charge in [-0.3, -0.25) is 9.63 Å². The first-order valence-corrected chi connectivity index (χ1v) is 7.98. The van der Waals surface area contributed by atoms with Crippen LogP contribution in [0.2, 0.25) is 0 Å². The van der Waals surface area contributed by atoms with Crippen molar-refractivity contribution >= 4 is 5.97 Å². The van der Waals surface area contributed by atoms with Gasteiger partial charge in [0, 0.05) is 4.91 Å². The van der Waals surface area contributed by atoms with Gasteiger partial charge in [0.2, 0.25) is 6.29 Å². The molecule has 0 radical (unpaired) electrons. The topological polar surface area (TPSA) is 155 Å². The fourth-order valence-electron chi connectivity index (χ4n) is 2.60. The molecule has 2 aliphatic rings. The molecule has 0 aromatic carbocycles. The number of nitrogens with zero attached hydrogens (tertiary/aromatic N) is 4. The van der Waals surface area contributed by atoms with Crippen LogP contribution in [0.3, 0.4) is 0 Å². The Morgan fingerprint density at radius 1 is 1.42 bits per heavy atom. The summed E-state index contributed by atoms with van der Waals surface area (Å²) in [5.41, 5.74) is 8.00. The Balaban J connectivity index is 2.38. The van der Waals surface area contributed by atoms with Crippen molar-refractivity contribution in [2.24, 2.45) is 10.5 Å². The number of rotatable bonds is 4. The van der Waals surface area contributed by atoms with Crippen molar-refractivity contribution in [1.82, 2.24) is 0 Å². The van der Waals surface area contributed by atoms with Crippen LogP contribution in [-0.4, -0.2) is 54.1 Å². The summed E-state index contributed by atoms with van der Waals surface area (Å²) in [6.45, 7) is 8.29. The van der Waals surface area contributed by atoms with Crippen LogP contribution in [0, 0.1) is 15.5 Å². The SMILES string of the molecule is CC1(C)OC[C@H]2OC(O[N+](=O)[O-])[C@@H](N=[N+]=[N-])[C@@H](OC(=O)C(C)(C)C)[C@@H]2O1. The van der Waals surface area contributed by atoms with Crippen LogP contribution in [0.4, 0.5) is 0 Å². The average molecular weight is 374 g/mol. The van der Waals surface area contributed by atoms with E-state index in [1.807, 2.05) is 0 Å². The Kier molecular flexibility index (Phi) is 5.61. The molecule has 2 saturated heterocycles. The highest BCUT2D eigenvalue weighted by Crippen LogP contribution is 2.36. The minimum Gasteiger partial charge on any atom is -0.458 e. The summed E-state index contributed by atoms with van der Waals surface area (Å²) in [5, 5.41) is 13.2. The van der Waals surface area contributed by atoms with Gasteiger partial charge < -0.3 is 18.9 Å². The van der Waals surface area contributed by atoms with Gasteiger partial charge in [-0.15, -0.1) is 10.1 Å². The maximum atomic E-state index is 12.4. The van der Waals surface area contributed by atoms with Crippen LogP contribution in [0.1, 0.15) is 34.6 Å². The molecule has 0 aliphatic carbocycles. The molecule has 2 rings (SSSR count). The lowest BCUT2D eigenvalue weighted by molar-refractivity contribution is -0.784. The maximum Gasteiger partial charge on any atom is 0.311 e. The van der Waals surface area contributed by atoms with Gasteiger partial charge in [-0.1, -0.05) is 5.11 Å². The van der Waals surface area contributed by atoms with Crippen molar-refractivity contribution in [3.05, 3.63) is 20.6 Å². The highest BCUT2D eigenvalue weighted by molar-refractivity contribution is 5.75. The lowest BCUT2D eigenvalue weighted by atomic mass is 9.93. The smallest absolute Gasteiger partial charge is 0.311 e. The van der Waals surface area contributed by atoms with E-state index in [-0.39, 0.29) is 6.61 Å². The largest absolute Gasteiger partial charge is 0.458 e. The molecule has 12 nitrogen and oxygen atoms in total. The highest BCUT2D eigenvalue weighted by Gasteiger charge is 2.54. The van der Waals surface area contributed by atoms with Gasteiger partial charge in [-0.2, -0.15) is 0 Å². The van der Waals surface area contributed by atoms with Crippen LogP contribution in [-0.2, 0) is 28.6 Å². The minimum absolute atomic E-state index is 0.0296. The monoisotopic (exact) mass is 374 g/mol. The summed E-state index contributed by atoms with van der Waals surface area (Å²) in [6.07, 6.45) is -4.37. The molecule has 1 unspecified atom stereocenters. The van der Waals surface area contributed by atoms with Gasteiger partial charge in [0.1, 0.15) is 24.4 Å². The van der Waals surface area contributed by atoms with E-state index in [0.717, 1.165) is 0 Å². The first-order chi connectivity index (χ1) is 11.9. The second-order valence-corrected chi connectivity index (χ2v) is 7.48. The molecule has 2 aliphatic heterocycles. The van der Waals surface area contributed by atoms with Crippen molar-refractivity contribution in [3.63, 3.8) is 0 Å². The van der Waals surface area contributed by atoms with E-state index in [0.29, 0.717) is 0 Å². The predicted octanol–water partition coefficient (Wildman–Crippen LogP) is 1.71. The van der Waals surface area contributed by atoms with E-state index >= 15 is 0 Å². The fourth-order valence-corrected chi connectivity index (χ4v) is 2.60.